The number of nitrogens with one attached hydrogen (secondary N) is 3. The molecule has 2 amide bonds. The first-order valence-corrected chi connectivity index (χ1v) is 8.57. The molecule has 0 aliphatic carbocycles. The second kappa shape index (κ2) is 6.72. The van der Waals surface area contributed by atoms with E-state index in [0.29, 0.717) is 18.7 Å². The number of fused-ring (bicyclic) bond motifs is 1. The molecule has 2 aliphatic rings. The van der Waals surface area contributed by atoms with E-state index in [1.807, 2.05) is 22.9 Å². The third kappa shape index (κ3) is 2.99. The molecule has 3 unspecified atom stereocenters. The van der Waals surface area contributed by atoms with Crippen LogP contribution >= 0.6 is 0 Å². The number of imidazole rings is 1. The number of piperidine rings is 2. The number of aromatic nitrogens is 2. The predicted molar refractivity (Wildman–Crippen MR) is 93.6 cm³/mol. The lowest BCUT2D eigenvalue weighted by atomic mass is 9.79. The van der Waals surface area contributed by atoms with Crippen molar-refractivity contribution in [2.75, 3.05) is 18.4 Å². The minimum Gasteiger partial charge on any atom is -0.351 e. The van der Waals surface area contributed by atoms with Crippen LogP contribution in [-0.2, 0) is 14.4 Å². The van der Waals surface area contributed by atoms with Gasteiger partial charge in [-0.25, -0.2) is 4.98 Å². The quantitative estimate of drug-likeness (QED) is 0.679. The van der Waals surface area contributed by atoms with Crippen LogP contribution in [0.25, 0.3) is 5.69 Å². The van der Waals surface area contributed by atoms with Gasteiger partial charge in [-0.15, -0.1) is 0 Å². The van der Waals surface area contributed by atoms with Crippen LogP contribution in [0.3, 0.4) is 0 Å². The summed E-state index contributed by atoms with van der Waals surface area (Å²) in [4.78, 5) is 41.5. The summed E-state index contributed by atoms with van der Waals surface area (Å²) in [7, 11) is 0. The highest BCUT2D eigenvalue weighted by Crippen LogP contribution is 2.24. The average molecular weight is 353 g/mol. The fourth-order valence-electron chi connectivity index (χ4n) is 3.53. The Bertz CT molecular complexity index is 831. The monoisotopic (exact) mass is 353 g/mol. The standard InChI is InChI=1S/C18H19N5O3/c24-16-13-9-19-6-5-14(13)22-18(26)15(16)17(25)21-11-1-3-12(4-2-11)23-8-7-20-10-23/h1-4,7-8,10,13-15,19H,5-6,9H2,(H,21,25)(H,22,26). The minimum atomic E-state index is -1.30. The lowest BCUT2D eigenvalue weighted by molar-refractivity contribution is -0.146. The molecule has 134 valence electrons. The summed E-state index contributed by atoms with van der Waals surface area (Å²) in [6.07, 6.45) is 5.86. The lowest BCUT2D eigenvalue weighted by Gasteiger charge is -2.37. The van der Waals surface area contributed by atoms with E-state index in [4.69, 9.17) is 0 Å². The average Bonchev–Trinajstić information content (AvgIpc) is 3.17. The third-order valence-corrected chi connectivity index (χ3v) is 4.92. The molecular formula is C18H19N5O3. The van der Waals surface area contributed by atoms with Crippen molar-refractivity contribution in [2.45, 2.75) is 12.5 Å². The molecule has 3 N–H and O–H groups in total. The Morgan fingerprint density at radius 1 is 1.23 bits per heavy atom. The molecule has 2 fully saturated rings. The van der Waals surface area contributed by atoms with Crippen molar-refractivity contribution in [1.29, 1.82) is 0 Å². The number of ketones is 1. The van der Waals surface area contributed by atoms with E-state index in [1.54, 1.807) is 24.7 Å². The van der Waals surface area contributed by atoms with Gasteiger partial charge < -0.3 is 20.5 Å². The Morgan fingerprint density at radius 3 is 2.77 bits per heavy atom. The van der Waals surface area contributed by atoms with E-state index in [1.165, 1.54) is 0 Å². The number of anilines is 1. The Morgan fingerprint density at radius 2 is 2.04 bits per heavy atom. The van der Waals surface area contributed by atoms with E-state index < -0.39 is 17.7 Å². The summed E-state index contributed by atoms with van der Waals surface area (Å²) in [5, 5.41) is 8.64. The van der Waals surface area contributed by atoms with Gasteiger partial charge in [0.05, 0.1) is 12.2 Å². The van der Waals surface area contributed by atoms with Crippen molar-refractivity contribution in [3.63, 3.8) is 0 Å². The molecule has 2 aliphatic heterocycles. The molecule has 0 spiro atoms. The number of rotatable bonds is 3. The van der Waals surface area contributed by atoms with Crippen molar-refractivity contribution in [1.82, 2.24) is 20.2 Å². The lowest BCUT2D eigenvalue weighted by Crippen LogP contribution is -2.62. The molecule has 0 radical (unpaired) electrons. The van der Waals surface area contributed by atoms with Crippen LogP contribution in [0.4, 0.5) is 5.69 Å². The topological polar surface area (TPSA) is 105 Å². The van der Waals surface area contributed by atoms with Crippen LogP contribution in [0.1, 0.15) is 6.42 Å². The maximum atomic E-state index is 12.6. The molecule has 1 aromatic carbocycles. The van der Waals surface area contributed by atoms with Crippen molar-refractivity contribution in [3.05, 3.63) is 43.0 Å². The number of carbonyl (C=O) groups is 3. The van der Waals surface area contributed by atoms with Gasteiger partial charge in [0, 0.05) is 36.4 Å². The smallest absolute Gasteiger partial charge is 0.244 e. The van der Waals surface area contributed by atoms with E-state index in [2.05, 4.69) is 20.9 Å². The zero-order valence-corrected chi connectivity index (χ0v) is 14.0. The van der Waals surface area contributed by atoms with Crippen molar-refractivity contribution in [3.8, 4) is 5.69 Å². The summed E-state index contributed by atoms with van der Waals surface area (Å²) >= 11 is 0. The van der Waals surface area contributed by atoms with E-state index in [0.717, 1.165) is 12.2 Å². The van der Waals surface area contributed by atoms with Gasteiger partial charge in [0.1, 0.15) is 0 Å². The molecule has 0 saturated carbocycles. The SMILES string of the molecule is O=C(Nc1ccc(-n2ccnc2)cc1)C1C(=O)NC2CCNCC2C1=O. The highest BCUT2D eigenvalue weighted by Gasteiger charge is 2.47. The zero-order valence-electron chi connectivity index (χ0n) is 14.0. The van der Waals surface area contributed by atoms with Crippen LogP contribution in [0.5, 0.6) is 0 Å². The van der Waals surface area contributed by atoms with Gasteiger partial charge in [-0.05, 0) is 37.2 Å². The first-order valence-electron chi connectivity index (χ1n) is 8.57. The molecule has 4 rings (SSSR count). The Hall–Kier alpha value is -3.00. The second-order valence-electron chi connectivity index (χ2n) is 6.56. The number of Topliss-reactive ketones (excluding diaryl/α,β-unsaturated/α-hetero) is 1. The second-order valence-corrected chi connectivity index (χ2v) is 6.56. The summed E-state index contributed by atoms with van der Waals surface area (Å²) in [6, 6.07) is 6.92. The van der Waals surface area contributed by atoms with Crippen molar-refractivity contribution in [2.24, 2.45) is 11.8 Å². The van der Waals surface area contributed by atoms with Crippen LogP contribution in [-0.4, -0.2) is 46.3 Å². The number of hydrogen-bond donors (Lipinski definition) is 3. The first-order chi connectivity index (χ1) is 12.6. The number of benzene rings is 1. The molecule has 8 heteroatoms. The normalized spacial score (nSPS) is 25.3. The van der Waals surface area contributed by atoms with Crippen molar-refractivity contribution >= 4 is 23.3 Å². The molecular weight excluding hydrogens is 334 g/mol. The molecule has 2 saturated heterocycles. The fraction of sp³-hybridized carbons (Fsp3) is 0.333. The number of hydrogen-bond acceptors (Lipinski definition) is 5. The van der Waals surface area contributed by atoms with Crippen LogP contribution in [0.2, 0.25) is 0 Å². The molecule has 3 atom stereocenters. The minimum absolute atomic E-state index is 0.172. The van der Waals surface area contributed by atoms with Crippen LogP contribution < -0.4 is 16.0 Å². The Kier molecular flexibility index (Phi) is 4.26. The number of nitrogens with zero attached hydrogens (tertiary/aromatic N) is 2. The summed E-state index contributed by atoms with van der Waals surface area (Å²) in [6.45, 7) is 1.25. The van der Waals surface area contributed by atoms with Gasteiger partial charge >= 0.3 is 0 Å². The number of amides is 2. The van der Waals surface area contributed by atoms with Gasteiger partial charge in [0.25, 0.3) is 0 Å². The Labute approximate surface area is 150 Å². The predicted octanol–water partition coefficient (Wildman–Crippen LogP) is 0.104. The molecule has 2 aromatic rings. The van der Waals surface area contributed by atoms with Gasteiger partial charge in [-0.3, -0.25) is 14.4 Å². The highest BCUT2D eigenvalue weighted by molar-refractivity contribution is 6.23. The van der Waals surface area contributed by atoms with Gasteiger partial charge in [0.2, 0.25) is 11.8 Å². The van der Waals surface area contributed by atoms with Gasteiger partial charge in [0.15, 0.2) is 11.7 Å². The summed E-state index contributed by atoms with van der Waals surface area (Å²) < 4.78 is 1.83. The maximum absolute atomic E-state index is 12.6. The first kappa shape index (κ1) is 16.5. The van der Waals surface area contributed by atoms with E-state index >= 15 is 0 Å². The number of carbonyl (C=O) groups excluding carboxylic acids is 3. The molecule has 8 nitrogen and oxygen atoms in total. The van der Waals surface area contributed by atoms with Crippen LogP contribution in [0.15, 0.2) is 43.0 Å². The van der Waals surface area contributed by atoms with E-state index in [9.17, 15) is 14.4 Å². The summed E-state index contributed by atoms with van der Waals surface area (Å²) in [5.74, 6) is -3.05. The largest absolute Gasteiger partial charge is 0.351 e. The third-order valence-electron chi connectivity index (χ3n) is 4.92. The zero-order chi connectivity index (χ0) is 18.1. The fourth-order valence-corrected chi connectivity index (χ4v) is 3.53. The Balaban J connectivity index is 1.47. The maximum Gasteiger partial charge on any atom is 0.244 e. The van der Waals surface area contributed by atoms with Gasteiger partial charge in [-0.2, -0.15) is 0 Å². The van der Waals surface area contributed by atoms with Crippen LogP contribution in [0, 0.1) is 11.8 Å². The van der Waals surface area contributed by atoms with Gasteiger partial charge in [-0.1, -0.05) is 0 Å². The van der Waals surface area contributed by atoms with E-state index in [-0.39, 0.29) is 17.7 Å². The van der Waals surface area contributed by atoms with Crippen molar-refractivity contribution < 1.29 is 14.4 Å². The molecule has 26 heavy (non-hydrogen) atoms. The molecule has 3 heterocycles. The molecule has 1 aromatic heterocycles. The highest BCUT2D eigenvalue weighted by atomic mass is 16.2. The molecule has 0 bridgehead atoms. The summed E-state index contributed by atoms with van der Waals surface area (Å²) in [5.41, 5.74) is 1.42.